The lowest BCUT2D eigenvalue weighted by molar-refractivity contribution is -0.127. The number of hydrogen-bond donors (Lipinski definition) is 2. The molecule has 1 heterocycles. The molecule has 2 N–H and O–H groups in total. The van der Waals surface area contributed by atoms with Gasteiger partial charge in [0.15, 0.2) is 0 Å². The molecule has 5 rings (SSSR count). The molecule has 0 aliphatic heterocycles. The van der Waals surface area contributed by atoms with E-state index in [2.05, 4.69) is 15.6 Å². The lowest BCUT2D eigenvalue weighted by Crippen LogP contribution is -2.48. The summed E-state index contributed by atoms with van der Waals surface area (Å²) in [5, 5.41) is 21.4. The van der Waals surface area contributed by atoms with Crippen molar-refractivity contribution >= 4 is 34.5 Å². The van der Waals surface area contributed by atoms with Crippen molar-refractivity contribution in [3.8, 4) is 5.75 Å². The number of esters is 1. The fourth-order valence-electron chi connectivity index (χ4n) is 5.15. The molecule has 1 aliphatic carbocycles. The van der Waals surface area contributed by atoms with Crippen LogP contribution in [-0.2, 0) is 20.9 Å². The Kier molecular flexibility index (Phi) is 8.04. The summed E-state index contributed by atoms with van der Waals surface area (Å²) in [4.78, 5) is 41.6. The second-order valence-corrected chi connectivity index (χ2v) is 9.88. The number of para-hydroxylation sites is 1. The number of aromatic hydroxyl groups is 1. The summed E-state index contributed by atoms with van der Waals surface area (Å²) >= 11 is 0. The average molecular weight is 542 g/mol. The standard InChI is InChI=1S/C30H31N5O5/c1-40-30(39)21-11-15-23(16-12-21)35(27(37)19-34-26-10-6-5-9-25(26)32-33-34)28(20-13-17-24(36)18-14-20)29(38)31-22-7-3-2-4-8-22/h5-6,9-18,22,28,36H,2-4,7-8,19H2,1H3,(H,31,38)/t28-/m0/s1. The fraction of sp³-hybridized carbons (Fsp3) is 0.300. The van der Waals surface area contributed by atoms with Gasteiger partial charge in [-0.05, 0) is 66.9 Å². The first kappa shape index (κ1) is 26.9. The molecule has 0 saturated heterocycles. The molecule has 1 fully saturated rings. The minimum Gasteiger partial charge on any atom is -0.508 e. The van der Waals surface area contributed by atoms with Crippen LogP contribution in [0.25, 0.3) is 11.0 Å². The Bertz CT molecular complexity index is 1490. The monoisotopic (exact) mass is 541 g/mol. The zero-order valence-electron chi connectivity index (χ0n) is 22.2. The predicted molar refractivity (Wildman–Crippen MR) is 149 cm³/mol. The van der Waals surface area contributed by atoms with Crippen LogP contribution in [0.15, 0.2) is 72.8 Å². The third-order valence-corrected chi connectivity index (χ3v) is 7.21. The SMILES string of the molecule is COC(=O)c1ccc(N(C(=O)Cn2nnc3ccccc32)[C@H](C(=O)NC2CCCCC2)c2ccc(O)cc2)cc1. The predicted octanol–water partition coefficient (Wildman–Crippen LogP) is 4.15. The minimum absolute atomic E-state index is 0.0128. The van der Waals surface area contributed by atoms with Gasteiger partial charge in [-0.3, -0.25) is 14.5 Å². The van der Waals surface area contributed by atoms with E-state index >= 15 is 0 Å². The molecule has 40 heavy (non-hydrogen) atoms. The zero-order chi connectivity index (χ0) is 28.1. The number of benzene rings is 3. The lowest BCUT2D eigenvalue weighted by Gasteiger charge is -2.33. The number of carbonyl (C=O) groups excluding carboxylic acids is 3. The summed E-state index contributed by atoms with van der Waals surface area (Å²) in [5.41, 5.74) is 2.59. The maximum atomic E-state index is 14.1. The van der Waals surface area contributed by atoms with Crippen molar-refractivity contribution in [1.29, 1.82) is 0 Å². The van der Waals surface area contributed by atoms with E-state index < -0.39 is 17.9 Å². The van der Waals surface area contributed by atoms with Crippen molar-refractivity contribution in [2.75, 3.05) is 12.0 Å². The van der Waals surface area contributed by atoms with Gasteiger partial charge in [-0.25, -0.2) is 9.48 Å². The molecule has 0 bridgehead atoms. The number of nitrogens with zero attached hydrogens (tertiary/aromatic N) is 4. The van der Waals surface area contributed by atoms with Gasteiger partial charge < -0.3 is 15.2 Å². The molecule has 1 aromatic heterocycles. The highest BCUT2D eigenvalue weighted by Crippen LogP contribution is 2.31. The van der Waals surface area contributed by atoms with Gasteiger partial charge in [-0.15, -0.1) is 5.10 Å². The molecule has 0 radical (unpaired) electrons. The first-order chi connectivity index (χ1) is 19.4. The van der Waals surface area contributed by atoms with Crippen LogP contribution in [0.4, 0.5) is 5.69 Å². The van der Waals surface area contributed by atoms with Crippen LogP contribution < -0.4 is 10.2 Å². The van der Waals surface area contributed by atoms with Crippen LogP contribution in [0.1, 0.15) is 54.1 Å². The van der Waals surface area contributed by atoms with E-state index in [1.54, 1.807) is 36.4 Å². The van der Waals surface area contributed by atoms with Gasteiger partial charge in [-0.2, -0.15) is 0 Å². The molecular formula is C30H31N5O5. The van der Waals surface area contributed by atoms with E-state index in [9.17, 15) is 19.5 Å². The first-order valence-electron chi connectivity index (χ1n) is 13.3. The van der Waals surface area contributed by atoms with Crippen LogP contribution in [0.2, 0.25) is 0 Å². The smallest absolute Gasteiger partial charge is 0.337 e. The molecule has 10 heteroatoms. The average Bonchev–Trinajstić information content (AvgIpc) is 3.39. The number of phenolic OH excluding ortho intramolecular Hbond substituents is 1. The van der Waals surface area contributed by atoms with Gasteiger partial charge in [-0.1, -0.05) is 48.7 Å². The number of methoxy groups -OCH3 is 1. The summed E-state index contributed by atoms with van der Waals surface area (Å²) in [6.45, 7) is -0.176. The molecule has 0 unspecified atom stereocenters. The van der Waals surface area contributed by atoms with Crippen LogP contribution in [-0.4, -0.2) is 51.0 Å². The third-order valence-electron chi connectivity index (χ3n) is 7.21. The Balaban J connectivity index is 1.57. The normalized spacial score (nSPS) is 14.4. The maximum absolute atomic E-state index is 14.1. The van der Waals surface area contributed by atoms with Crippen molar-refractivity contribution < 1.29 is 24.2 Å². The van der Waals surface area contributed by atoms with Crippen molar-refractivity contribution in [1.82, 2.24) is 20.3 Å². The minimum atomic E-state index is -1.05. The highest BCUT2D eigenvalue weighted by atomic mass is 16.5. The van der Waals surface area contributed by atoms with Crippen LogP contribution in [0, 0.1) is 0 Å². The van der Waals surface area contributed by atoms with E-state index in [4.69, 9.17) is 4.74 Å². The topological polar surface area (TPSA) is 127 Å². The Morgan fingerprint density at radius 1 is 1.00 bits per heavy atom. The summed E-state index contributed by atoms with van der Waals surface area (Å²) < 4.78 is 6.32. The van der Waals surface area contributed by atoms with Gasteiger partial charge in [0.25, 0.3) is 0 Å². The van der Waals surface area contributed by atoms with E-state index in [1.807, 2.05) is 24.3 Å². The highest BCUT2D eigenvalue weighted by molar-refractivity contribution is 6.02. The number of nitrogens with one attached hydrogen (secondary N) is 1. The molecule has 0 spiro atoms. The molecule has 1 aliphatic rings. The van der Waals surface area contributed by atoms with Gasteiger partial charge >= 0.3 is 5.97 Å². The molecule has 10 nitrogen and oxygen atoms in total. The number of fused-ring (bicyclic) bond motifs is 1. The molecule has 2 amide bonds. The van der Waals surface area contributed by atoms with Gasteiger partial charge in [0.05, 0.1) is 18.2 Å². The van der Waals surface area contributed by atoms with Gasteiger partial charge in [0.2, 0.25) is 11.8 Å². The summed E-state index contributed by atoms with van der Waals surface area (Å²) in [5.74, 6) is -1.20. The summed E-state index contributed by atoms with van der Waals surface area (Å²) in [6.07, 6.45) is 4.95. The Labute approximate surface area is 231 Å². The van der Waals surface area contributed by atoms with E-state index in [1.165, 1.54) is 28.8 Å². The van der Waals surface area contributed by atoms with Crippen LogP contribution >= 0.6 is 0 Å². The van der Waals surface area contributed by atoms with Crippen LogP contribution in [0.3, 0.4) is 0 Å². The van der Waals surface area contributed by atoms with Crippen molar-refractivity contribution in [3.63, 3.8) is 0 Å². The largest absolute Gasteiger partial charge is 0.508 e. The highest BCUT2D eigenvalue weighted by Gasteiger charge is 2.34. The number of hydrogen-bond acceptors (Lipinski definition) is 7. The van der Waals surface area contributed by atoms with Crippen molar-refractivity contribution in [3.05, 3.63) is 83.9 Å². The molecular weight excluding hydrogens is 510 g/mol. The zero-order valence-corrected chi connectivity index (χ0v) is 22.2. The third kappa shape index (κ3) is 5.80. The molecule has 3 aromatic carbocycles. The number of aromatic nitrogens is 3. The maximum Gasteiger partial charge on any atom is 0.337 e. The Hall–Kier alpha value is -4.73. The van der Waals surface area contributed by atoms with E-state index in [0.29, 0.717) is 27.8 Å². The number of rotatable bonds is 8. The molecule has 1 atom stereocenters. The Morgan fingerprint density at radius 3 is 2.40 bits per heavy atom. The number of amides is 2. The number of anilines is 1. The molecule has 4 aromatic rings. The second-order valence-electron chi connectivity index (χ2n) is 9.88. The Morgan fingerprint density at radius 2 is 1.70 bits per heavy atom. The van der Waals surface area contributed by atoms with Crippen molar-refractivity contribution in [2.45, 2.75) is 50.7 Å². The lowest BCUT2D eigenvalue weighted by atomic mass is 9.94. The van der Waals surface area contributed by atoms with Gasteiger partial charge in [0.1, 0.15) is 23.9 Å². The molecule has 1 saturated carbocycles. The summed E-state index contributed by atoms with van der Waals surface area (Å²) in [6, 6.07) is 18.9. The number of phenols is 1. The van der Waals surface area contributed by atoms with Gasteiger partial charge in [0, 0.05) is 11.7 Å². The quantitative estimate of drug-likeness (QED) is 0.321. The number of ether oxygens (including phenoxy) is 1. The summed E-state index contributed by atoms with van der Waals surface area (Å²) in [7, 11) is 1.30. The van der Waals surface area contributed by atoms with Crippen LogP contribution in [0.5, 0.6) is 5.75 Å². The molecule has 206 valence electrons. The fourth-order valence-corrected chi connectivity index (χ4v) is 5.15. The number of carbonyl (C=O) groups is 3. The van der Waals surface area contributed by atoms with E-state index in [0.717, 1.165) is 32.1 Å². The van der Waals surface area contributed by atoms with Crippen molar-refractivity contribution in [2.24, 2.45) is 0 Å². The van der Waals surface area contributed by atoms with E-state index in [-0.39, 0.29) is 24.2 Å². The first-order valence-corrected chi connectivity index (χ1v) is 13.3. The second kappa shape index (κ2) is 12.0.